The molecule has 0 spiro atoms. The van der Waals surface area contributed by atoms with Crippen molar-refractivity contribution in [2.75, 3.05) is 19.6 Å². The van der Waals surface area contributed by atoms with E-state index < -0.39 is 64.7 Å². The van der Waals surface area contributed by atoms with E-state index in [2.05, 4.69) is 16.0 Å². The Hall–Kier alpha value is -4.33. The largest absolute Gasteiger partial charge is 0.480 e. The zero-order valence-electron chi connectivity index (χ0n) is 28.1. The van der Waals surface area contributed by atoms with E-state index in [1.807, 2.05) is 60.7 Å². The SMILES string of the molecule is CC(C)(C)[C@@H](NC(=O)[C@@H](Cc1ccccc1)NC(=O)[C@H](N)Cc1ccccc1)C(=O)N[C@H](CCCCN)C(=O)N1CCC(N)(C(=O)O)C1. The molecule has 1 aliphatic rings. The number of carbonyl (C=O) groups is 5. The molecule has 13 nitrogen and oxygen atoms in total. The van der Waals surface area contributed by atoms with Crippen LogP contribution >= 0.6 is 0 Å². The molecular weight excluding hydrogens is 614 g/mol. The Morgan fingerprint density at radius 1 is 0.833 bits per heavy atom. The number of likely N-dealkylation sites (tertiary alicyclic amines) is 1. The molecule has 13 heteroatoms. The van der Waals surface area contributed by atoms with E-state index >= 15 is 0 Å². The number of benzene rings is 2. The van der Waals surface area contributed by atoms with Crippen molar-refractivity contribution in [3.63, 3.8) is 0 Å². The maximum absolute atomic E-state index is 13.9. The number of carbonyl (C=O) groups excluding carboxylic acids is 4. The van der Waals surface area contributed by atoms with Gasteiger partial charge in [0.1, 0.15) is 23.7 Å². The van der Waals surface area contributed by atoms with Gasteiger partial charge in [-0.1, -0.05) is 81.4 Å². The second-order valence-corrected chi connectivity index (χ2v) is 13.7. The molecule has 10 N–H and O–H groups in total. The van der Waals surface area contributed by atoms with Crippen molar-refractivity contribution in [3.05, 3.63) is 71.8 Å². The minimum absolute atomic E-state index is 0.0851. The predicted octanol–water partition coefficient (Wildman–Crippen LogP) is 0.443. The maximum atomic E-state index is 13.9. The average Bonchev–Trinajstić information content (AvgIpc) is 3.46. The molecule has 4 amide bonds. The van der Waals surface area contributed by atoms with Crippen LogP contribution in [-0.2, 0) is 36.8 Å². The molecular formula is C35H51N7O6. The summed E-state index contributed by atoms with van der Waals surface area (Å²) in [5, 5.41) is 18.0. The summed E-state index contributed by atoms with van der Waals surface area (Å²) in [5.74, 6) is -3.34. The predicted molar refractivity (Wildman–Crippen MR) is 182 cm³/mol. The van der Waals surface area contributed by atoms with Crippen LogP contribution in [0.5, 0.6) is 0 Å². The van der Waals surface area contributed by atoms with Gasteiger partial charge in [-0.25, -0.2) is 0 Å². The molecule has 2 aromatic rings. The van der Waals surface area contributed by atoms with Crippen LogP contribution in [0.4, 0.5) is 0 Å². The van der Waals surface area contributed by atoms with Crippen LogP contribution in [0.1, 0.15) is 57.6 Å². The fraction of sp³-hybridized carbons (Fsp3) is 0.514. The maximum Gasteiger partial charge on any atom is 0.325 e. The number of nitrogens with one attached hydrogen (secondary N) is 3. The lowest BCUT2D eigenvalue weighted by atomic mass is 9.85. The first-order valence-corrected chi connectivity index (χ1v) is 16.4. The summed E-state index contributed by atoms with van der Waals surface area (Å²) in [5.41, 5.74) is 17.2. The monoisotopic (exact) mass is 665 g/mol. The van der Waals surface area contributed by atoms with E-state index in [9.17, 15) is 29.1 Å². The summed E-state index contributed by atoms with van der Waals surface area (Å²) in [7, 11) is 0. The van der Waals surface area contributed by atoms with Crippen molar-refractivity contribution in [1.29, 1.82) is 0 Å². The number of hydrogen-bond donors (Lipinski definition) is 7. The van der Waals surface area contributed by atoms with Gasteiger partial charge in [-0.3, -0.25) is 24.0 Å². The Labute approximate surface area is 282 Å². The van der Waals surface area contributed by atoms with E-state index in [1.54, 1.807) is 20.8 Å². The van der Waals surface area contributed by atoms with E-state index in [0.29, 0.717) is 19.4 Å². The van der Waals surface area contributed by atoms with Gasteiger partial charge in [0, 0.05) is 19.5 Å². The second-order valence-electron chi connectivity index (χ2n) is 13.7. The fourth-order valence-electron chi connectivity index (χ4n) is 5.64. The summed E-state index contributed by atoms with van der Waals surface area (Å²) in [6.07, 6.45) is 1.92. The minimum atomic E-state index is -1.56. The summed E-state index contributed by atoms with van der Waals surface area (Å²) >= 11 is 0. The van der Waals surface area contributed by atoms with Crippen molar-refractivity contribution in [3.8, 4) is 0 Å². The molecule has 1 fully saturated rings. The highest BCUT2D eigenvalue weighted by atomic mass is 16.4. The van der Waals surface area contributed by atoms with Gasteiger partial charge >= 0.3 is 5.97 Å². The molecule has 1 aliphatic heterocycles. The topological polar surface area (TPSA) is 223 Å². The number of unbranched alkanes of at least 4 members (excludes halogenated alkanes) is 1. The molecule has 2 aromatic carbocycles. The van der Waals surface area contributed by atoms with Crippen LogP contribution in [0.3, 0.4) is 0 Å². The van der Waals surface area contributed by atoms with E-state index in [-0.39, 0.29) is 38.8 Å². The zero-order chi connectivity index (χ0) is 35.5. The van der Waals surface area contributed by atoms with Gasteiger partial charge < -0.3 is 43.2 Å². The van der Waals surface area contributed by atoms with Crippen molar-refractivity contribution in [1.82, 2.24) is 20.9 Å². The molecule has 0 aromatic heterocycles. The third kappa shape index (κ3) is 10.9. The number of nitrogens with zero attached hydrogens (tertiary/aromatic N) is 1. The fourth-order valence-corrected chi connectivity index (χ4v) is 5.64. The standard InChI is InChI=1S/C35H51N7O6/c1-34(2,3)28(31(45)39-26(16-10-11-18-36)32(46)42-19-17-35(38,22-42)33(47)48)41-30(44)27(21-24-14-8-5-9-15-24)40-29(43)25(37)20-23-12-6-4-7-13-23/h4-9,12-15,25-28H,10-11,16-22,36-38H2,1-3H3,(H,39,45)(H,40,43)(H,41,44)(H,47,48)/t25-,26-,27-,28+,35?/m1/s1. The number of carboxylic acid groups (broad SMARTS) is 1. The minimum Gasteiger partial charge on any atom is -0.480 e. The Kier molecular flexibility index (Phi) is 13.6. The Balaban J connectivity index is 1.80. The second kappa shape index (κ2) is 17.2. The van der Waals surface area contributed by atoms with Crippen LogP contribution in [0.2, 0.25) is 0 Å². The molecule has 48 heavy (non-hydrogen) atoms. The lowest BCUT2D eigenvalue weighted by Gasteiger charge is -2.34. The van der Waals surface area contributed by atoms with Gasteiger partial charge in [-0.15, -0.1) is 0 Å². The number of amides is 4. The number of carboxylic acids is 1. The quantitative estimate of drug-likeness (QED) is 0.123. The van der Waals surface area contributed by atoms with E-state index in [0.717, 1.165) is 11.1 Å². The van der Waals surface area contributed by atoms with E-state index in [1.165, 1.54) is 4.90 Å². The van der Waals surface area contributed by atoms with E-state index in [4.69, 9.17) is 17.2 Å². The van der Waals surface area contributed by atoms with Crippen LogP contribution in [0, 0.1) is 5.41 Å². The number of nitrogens with two attached hydrogens (primary N) is 3. The molecule has 0 aliphatic carbocycles. The Bertz CT molecular complexity index is 1400. The van der Waals surface area contributed by atoms with Gasteiger partial charge in [-0.05, 0) is 55.2 Å². The number of rotatable bonds is 16. The van der Waals surface area contributed by atoms with Crippen molar-refractivity contribution >= 4 is 29.6 Å². The van der Waals surface area contributed by atoms with Crippen LogP contribution in [-0.4, -0.2) is 88.9 Å². The van der Waals surface area contributed by atoms with Gasteiger partial charge in [0.25, 0.3) is 0 Å². The first-order chi connectivity index (χ1) is 22.6. The lowest BCUT2D eigenvalue weighted by molar-refractivity contribution is -0.143. The summed E-state index contributed by atoms with van der Waals surface area (Å²) in [6, 6.07) is 14.4. The molecule has 1 unspecified atom stereocenters. The molecule has 3 rings (SSSR count). The van der Waals surface area contributed by atoms with Crippen molar-refractivity contribution in [2.24, 2.45) is 22.6 Å². The molecule has 0 bridgehead atoms. The van der Waals surface area contributed by atoms with Crippen LogP contribution < -0.4 is 33.2 Å². The number of aliphatic carboxylic acids is 1. The lowest BCUT2D eigenvalue weighted by Crippen LogP contribution is -2.61. The first-order valence-electron chi connectivity index (χ1n) is 16.4. The normalized spacial score (nSPS) is 18.7. The summed E-state index contributed by atoms with van der Waals surface area (Å²) < 4.78 is 0. The van der Waals surface area contributed by atoms with Crippen molar-refractivity contribution in [2.45, 2.75) is 89.0 Å². The van der Waals surface area contributed by atoms with Gasteiger partial charge in [0.15, 0.2) is 0 Å². The highest BCUT2D eigenvalue weighted by molar-refractivity contribution is 5.95. The smallest absolute Gasteiger partial charge is 0.325 e. The molecule has 0 radical (unpaired) electrons. The first kappa shape index (κ1) is 38.1. The number of hydrogen-bond acceptors (Lipinski definition) is 8. The van der Waals surface area contributed by atoms with Gasteiger partial charge in [0.05, 0.1) is 6.04 Å². The molecule has 262 valence electrons. The Morgan fingerprint density at radius 2 is 1.40 bits per heavy atom. The molecule has 1 saturated heterocycles. The zero-order valence-corrected chi connectivity index (χ0v) is 28.1. The van der Waals surface area contributed by atoms with Crippen LogP contribution in [0.15, 0.2) is 60.7 Å². The van der Waals surface area contributed by atoms with Gasteiger partial charge in [-0.2, -0.15) is 0 Å². The molecule has 0 saturated carbocycles. The van der Waals surface area contributed by atoms with Gasteiger partial charge in [0.2, 0.25) is 23.6 Å². The highest BCUT2D eigenvalue weighted by Crippen LogP contribution is 2.23. The summed E-state index contributed by atoms with van der Waals surface area (Å²) in [4.78, 5) is 67.7. The summed E-state index contributed by atoms with van der Waals surface area (Å²) in [6.45, 7) is 5.68. The molecule has 5 atom stereocenters. The average molecular weight is 666 g/mol. The third-order valence-electron chi connectivity index (χ3n) is 8.57. The highest BCUT2D eigenvalue weighted by Gasteiger charge is 2.45. The Morgan fingerprint density at radius 3 is 1.92 bits per heavy atom. The molecule has 1 heterocycles. The third-order valence-corrected chi connectivity index (χ3v) is 8.57. The van der Waals surface area contributed by atoms with Crippen LogP contribution in [0.25, 0.3) is 0 Å². The van der Waals surface area contributed by atoms with Crippen molar-refractivity contribution < 1.29 is 29.1 Å².